The van der Waals surface area contributed by atoms with Gasteiger partial charge in [-0.25, -0.2) is 0 Å². The van der Waals surface area contributed by atoms with Crippen molar-refractivity contribution in [2.75, 3.05) is 26.2 Å². The Morgan fingerprint density at radius 3 is 2.64 bits per heavy atom. The number of nitrogens with zero attached hydrogens (tertiary/aromatic N) is 3. The maximum absolute atomic E-state index is 5.78. The highest BCUT2D eigenvalue weighted by atomic mass is 127. The van der Waals surface area contributed by atoms with Crippen LogP contribution in [0.5, 0.6) is 0 Å². The molecule has 0 aliphatic rings. The Bertz CT molecular complexity index is 476. The van der Waals surface area contributed by atoms with Gasteiger partial charge in [0, 0.05) is 39.0 Å². The largest absolute Gasteiger partial charge is 0.378 e. The van der Waals surface area contributed by atoms with Crippen LogP contribution in [-0.4, -0.2) is 48.1 Å². The lowest BCUT2D eigenvalue weighted by Gasteiger charge is -2.21. The lowest BCUT2D eigenvalue weighted by molar-refractivity contribution is 0.0258. The van der Waals surface area contributed by atoms with Gasteiger partial charge in [0.1, 0.15) is 0 Å². The molecule has 1 heterocycles. The summed E-state index contributed by atoms with van der Waals surface area (Å²) in [6.07, 6.45) is 6.22. The number of aromatic nitrogens is 2. The van der Waals surface area contributed by atoms with Gasteiger partial charge in [-0.1, -0.05) is 13.8 Å². The summed E-state index contributed by atoms with van der Waals surface area (Å²) < 4.78 is 7.76. The predicted molar refractivity (Wildman–Crippen MR) is 116 cm³/mol. The number of hydrogen-bond donors (Lipinski definition) is 2. The molecule has 0 radical (unpaired) electrons. The van der Waals surface area contributed by atoms with Crippen molar-refractivity contribution in [1.29, 1.82) is 0 Å². The Hall–Kier alpha value is -0.830. The molecule has 0 saturated heterocycles. The van der Waals surface area contributed by atoms with Gasteiger partial charge in [-0.2, -0.15) is 5.10 Å². The number of halogens is 1. The molecule has 1 rings (SSSR count). The first kappa shape index (κ1) is 24.2. The second-order valence-electron chi connectivity index (χ2n) is 6.35. The SMILES string of the molecule is CCNC(=NCCCn1cc(C)cn1)NCCC(OCC)C(C)C.I. The van der Waals surface area contributed by atoms with E-state index >= 15 is 0 Å². The average Bonchev–Trinajstić information content (AvgIpc) is 2.95. The van der Waals surface area contributed by atoms with Gasteiger partial charge in [-0.15, -0.1) is 24.0 Å². The normalized spacial score (nSPS) is 12.8. The summed E-state index contributed by atoms with van der Waals surface area (Å²) in [6.45, 7) is 14.8. The molecule has 0 spiro atoms. The van der Waals surface area contributed by atoms with Crippen LogP contribution in [0, 0.1) is 12.8 Å². The van der Waals surface area contributed by atoms with E-state index in [0.717, 1.165) is 51.6 Å². The molecule has 0 saturated carbocycles. The van der Waals surface area contributed by atoms with E-state index in [1.54, 1.807) is 0 Å². The lowest BCUT2D eigenvalue weighted by atomic mass is 10.0. The van der Waals surface area contributed by atoms with Crippen LogP contribution < -0.4 is 10.6 Å². The van der Waals surface area contributed by atoms with Gasteiger partial charge in [0.2, 0.25) is 0 Å². The van der Waals surface area contributed by atoms with Gasteiger partial charge in [-0.3, -0.25) is 9.67 Å². The number of aliphatic imine (C=N–C) groups is 1. The van der Waals surface area contributed by atoms with Crippen molar-refractivity contribution in [3.05, 3.63) is 18.0 Å². The minimum Gasteiger partial charge on any atom is -0.378 e. The highest BCUT2D eigenvalue weighted by molar-refractivity contribution is 14.0. The first-order chi connectivity index (χ1) is 11.6. The van der Waals surface area contributed by atoms with Gasteiger partial charge in [0.25, 0.3) is 0 Å². The Morgan fingerprint density at radius 1 is 1.32 bits per heavy atom. The molecule has 1 aromatic heterocycles. The molecule has 146 valence electrons. The summed E-state index contributed by atoms with van der Waals surface area (Å²) in [6, 6.07) is 0. The zero-order chi connectivity index (χ0) is 17.8. The summed E-state index contributed by atoms with van der Waals surface area (Å²) in [5, 5.41) is 11.0. The zero-order valence-electron chi connectivity index (χ0n) is 16.4. The van der Waals surface area contributed by atoms with Crippen molar-refractivity contribution in [3.63, 3.8) is 0 Å². The van der Waals surface area contributed by atoms with Gasteiger partial charge in [0.05, 0.1) is 12.3 Å². The van der Waals surface area contributed by atoms with E-state index in [1.165, 1.54) is 5.56 Å². The fraction of sp³-hybridized carbons (Fsp3) is 0.778. The third-order valence-electron chi connectivity index (χ3n) is 3.77. The van der Waals surface area contributed by atoms with Crippen LogP contribution in [-0.2, 0) is 11.3 Å². The van der Waals surface area contributed by atoms with Crippen molar-refractivity contribution >= 4 is 29.9 Å². The number of nitrogens with one attached hydrogen (secondary N) is 2. The van der Waals surface area contributed by atoms with Crippen molar-refractivity contribution in [1.82, 2.24) is 20.4 Å². The Kier molecular flexibility index (Phi) is 13.9. The fourth-order valence-electron chi connectivity index (χ4n) is 2.51. The molecule has 25 heavy (non-hydrogen) atoms. The van der Waals surface area contributed by atoms with E-state index in [9.17, 15) is 0 Å². The van der Waals surface area contributed by atoms with Crippen molar-refractivity contribution in [2.24, 2.45) is 10.9 Å². The second kappa shape index (κ2) is 14.4. The van der Waals surface area contributed by atoms with E-state index in [-0.39, 0.29) is 24.0 Å². The van der Waals surface area contributed by atoms with E-state index in [4.69, 9.17) is 4.74 Å². The summed E-state index contributed by atoms with van der Waals surface area (Å²) in [5.41, 5.74) is 1.20. The first-order valence-corrected chi connectivity index (χ1v) is 9.19. The molecule has 1 unspecified atom stereocenters. The average molecular weight is 465 g/mol. The minimum atomic E-state index is 0. The Balaban J connectivity index is 0.00000576. The quantitative estimate of drug-likeness (QED) is 0.228. The number of rotatable bonds is 11. The number of aryl methyl sites for hydroxylation is 2. The summed E-state index contributed by atoms with van der Waals surface area (Å²) in [5.74, 6) is 1.41. The molecule has 7 heteroatoms. The van der Waals surface area contributed by atoms with Crippen LogP contribution in [0.25, 0.3) is 0 Å². The molecular weight excluding hydrogens is 429 g/mol. The topological polar surface area (TPSA) is 63.5 Å². The summed E-state index contributed by atoms with van der Waals surface area (Å²) in [7, 11) is 0. The van der Waals surface area contributed by atoms with E-state index in [2.05, 4.69) is 61.5 Å². The molecule has 2 N–H and O–H groups in total. The van der Waals surface area contributed by atoms with Crippen LogP contribution in [0.2, 0.25) is 0 Å². The first-order valence-electron chi connectivity index (χ1n) is 9.19. The molecule has 0 aliphatic heterocycles. The van der Waals surface area contributed by atoms with Crippen LogP contribution in [0.15, 0.2) is 17.4 Å². The molecule has 0 amide bonds. The third kappa shape index (κ3) is 10.7. The highest BCUT2D eigenvalue weighted by Gasteiger charge is 2.12. The minimum absolute atomic E-state index is 0. The van der Waals surface area contributed by atoms with Crippen LogP contribution >= 0.6 is 24.0 Å². The molecule has 0 aromatic carbocycles. The second-order valence-corrected chi connectivity index (χ2v) is 6.35. The Morgan fingerprint density at radius 2 is 2.08 bits per heavy atom. The van der Waals surface area contributed by atoms with E-state index < -0.39 is 0 Å². The number of hydrogen-bond acceptors (Lipinski definition) is 3. The molecule has 1 atom stereocenters. The third-order valence-corrected chi connectivity index (χ3v) is 3.77. The number of guanidine groups is 1. The fourth-order valence-corrected chi connectivity index (χ4v) is 2.51. The maximum atomic E-state index is 5.78. The summed E-state index contributed by atoms with van der Waals surface area (Å²) in [4.78, 5) is 4.64. The van der Waals surface area contributed by atoms with Gasteiger partial charge < -0.3 is 15.4 Å². The standard InChI is InChI=1S/C18H35N5O.HI/c1-6-19-18(21-11-9-17(15(3)4)24-7-2)20-10-8-12-23-14-16(5)13-22-23;/h13-15,17H,6-12H2,1-5H3,(H2,19,20,21);1H. The molecule has 1 aromatic rings. The van der Waals surface area contributed by atoms with Crippen molar-refractivity contribution < 1.29 is 4.74 Å². The van der Waals surface area contributed by atoms with E-state index in [0.29, 0.717) is 12.0 Å². The van der Waals surface area contributed by atoms with Crippen LogP contribution in [0.4, 0.5) is 0 Å². The molecule has 0 aliphatic carbocycles. The smallest absolute Gasteiger partial charge is 0.191 e. The van der Waals surface area contributed by atoms with E-state index in [1.807, 2.05) is 10.9 Å². The molecular formula is C18H36IN5O. The molecule has 0 bridgehead atoms. The van der Waals surface area contributed by atoms with Crippen LogP contribution in [0.3, 0.4) is 0 Å². The van der Waals surface area contributed by atoms with Crippen molar-refractivity contribution in [3.8, 4) is 0 Å². The van der Waals surface area contributed by atoms with Gasteiger partial charge in [-0.05, 0) is 45.1 Å². The van der Waals surface area contributed by atoms with Gasteiger partial charge >= 0.3 is 0 Å². The number of ether oxygens (including phenoxy) is 1. The molecule has 6 nitrogen and oxygen atoms in total. The molecule has 0 fully saturated rings. The van der Waals surface area contributed by atoms with Gasteiger partial charge in [0.15, 0.2) is 5.96 Å². The Labute approximate surface area is 170 Å². The lowest BCUT2D eigenvalue weighted by Crippen LogP contribution is -2.39. The monoisotopic (exact) mass is 465 g/mol. The zero-order valence-corrected chi connectivity index (χ0v) is 18.7. The van der Waals surface area contributed by atoms with Crippen LogP contribution in [0.1, 0.15) is 46.1 Å². The highest BCUT2D eigenvalue weighted by Crippen LogP contribution is 2.09. The maximum Gasteiger partial charge on any atom is 0.191 e. The summed E-state index contributed by atoms with van der Waals surface area (Å²) >= 11 is 0. The predicted octanol–water partition coefficient (Wildman–Crippen LogP) is 3.21. The van der Waals surface area contributed by atoms with Crippen molar-refractivity contribution in [2.45, 2.75) is 60.1 Å².